The lowest BCUT2D eigenvalue weighted by molar-refractivity contribution is 0.354. The molecule has 0 amide bonds. The van der Waals surface area contributed by atoms with E-state index in [2.05, 4.69) is 4.98 Å². The number of aromatic amines is 1. The van der Waals surface area contributed by atoms with Crippen LogP contribution in [0.2, 0.25) is 0 Å². The van der Waals surface area contributed by atoms with E-state index in [0.29, 0.717) is 10.9 Å². The molecular formula is C19H18F2N2. The van der Waals surface area contributed by atoms with E-state index in [1.54, 1.807) is 0 Å². The average molecular weight is 312 g/mol. The topological polar surface area (TPSA) is 41.8 Å². The second-order valence-corrected chi connectivity index (χ2v) is 6.52. The van der Waals surface area contributed by atoms with Crippen molar-refractivity contribution in [3.05, 3.63) is 59.2 Å². The predicted molar refractivity (Wildman–Crippen MR) is 88.3 cm³/mol. The summed E-state index contributed by atoms with van der Waals surface area (Å²) in [5, 5.41) is 0.634. The second kappa shape index (κ2) is 5.17. The first-order valence-electron chi connectivity index (χ1n) is 7.86. The molecule has 0 bridgehead atoms. The van der Waals surface area contributed by atoms with E-state index < -0.39 is 11.6 Å². The number of hydrogen-bond donors (Lipinski definition) is 2. The van der Waals surface area contributed by atoms with Crippen LogP contribution in [0.3, 0.4) is 0 Å². The maximum atomic E-state index is 14.2. The van der Waals surface area contributed by atoms with Crippen molar-refractivity contribution in [3.63, 3.8) is 0 Å². The molecule has 0 aliphatic heterocycles. The van der Waals surface area contributed by atoms with Gasteiger partial charge in [0.2, 0.25) is 0 Å². The zero-order valence-corrected chi connectivity index (χ0v) is 12.9. The number of fused-ring (bicyclic) bond motifs is 1. The molecule has 3 N–H and O–H groups in total. The van der Waals surface area contributed by atoms with Gasteiger partial charge in [0, 0.05) is 17.5 Å². The zero-order valence-electron chi connectivity index (χ0n) is 12.9. The van der Waals surface area contributed by atoms with Gasteiger partial charge in [0.15, 0.2) is 0 Å². The van der Waals surface area contributed by atoms with Crippen LogP contribution in [0.4, 0.5) is 8.78 Å². The number of rotatable bonds is 2. The van der Waals surface area contributed by atoms with Crippen LogP contribution in [0.25, 0.3) is 22.2 Å². The highest BCUT2D eigenvalue weighted by Gasteiger charge is 2.32. The lowest BCUT2D eigenvalue weighted by atomic mass is 9.74. The molecule has 0 saturated heterocycles. The predicted octanol–water partition coefficient (Wildman–Crippen LogP) is 4.63. The number of aryl methyl sites for hydroxylation is 1. The Morgan fingerprint density at radius 3 is 2.43 bits per heavy atom. The number of nitrogens with two attached hydrogens (primary N) is 1. The van der Waals surface area contributed by atoms with E-state index in [4.69, 9.17) is 5.73 Å². The molecular weight excluding hydrogens is 294 g/mol. The quantitative estimate of drug-likeness (QED) is 0.712. The second-order valence-electron chi connectivity index (χ2n) is 6.52. The molecule has 23 heavy (non-hydrogen) atoms. The maximum absolute atomic E-state index is 14.2. The van der Waals surface area contributed by atoms with Gasteiger partial charge < -0.3 is 10.7 Å². The first-order chi connectivity index (χ1) is 11.0. The van der Waals surface area contributed by atoms with Gasteiger partial charge in [-0.1, -0.05) is 29.8 Å². The fourth-order valence-corrected chi connectivity index (χ4v) is 3.51. The number of H-pyrrole nitrogens is 1. The highest BCUT2D eigenvalue weighted by molar-refractivity contribution is 5.92. The molecule has 118 valence electrons. The minimum Gasteiger partial charge on any atom is -0.352 e. The summed E-state index contributed by atoms with van der Waals surface area (Å²) in [5.74, 6) is -0.853. The fourth-order valence-electron chi connectivity index (χ4n) is 3.51. The van der Waals surface area contributed by atoms with Crippen molar-refractivity contribution in [2.24, 2.45) is 5.73 Å². The largest absolute Gasteiger partial charge is 0.352 e. The van der Waals surface area contributed by atoms with Crippen LogP contribution in [-0.2, 0) is 0 Å². The Morgan fingerprint density at radius 2 is 1.78 bits per heavy atom. The van der Waals surface area contributed by atoms with Crippen LogP contribution in [0.5, 0.6) is 0 Å². The van der Waals surface area contributed by atoms with Crippen molar-refractivity contribution in [2.45, 2.75) is 31.7 Å². The summed E-state index contributed by atoms with van der Waals surface area (Å²) in [5.41, 5.74) is 10.3. The fraction of sp³-hybridized carbons (Fsp3) is 0.263. The van der Waals surface area contributed by atoms with E-state index in [-0.39, 0.29) is 12.0 Å². The van der Waals surface area contributed by atoms with Crippen LogP contribution in [-0.4, -0.2) is 11.0 Å². The van der Waals surface area contributed by atoms with Crippen LogP contribution in [0.1, 0.15) is 29.9 Å². The Kier molecular flexibility index (Phi) is 3.23. The average Bonchev–Trinajstić information content (AvgIpc) is 2.84. The van der Waals surface area contributed by atoms with Crippen molar-refractivity contribution in [2.75, 3.05) is 0 Å². The van der Waals surface area contributed by atoms with Crippen molar-refractivity contribution in [1.29, 1.82) is 0 Å². The number of nitrogens with one attached hydrogen (secondary N) is 1. The van der Waals surface area contributed by atoms with E-state index in [9.17, 15) is 8.78 Å². The summed E-state index contributed by atoms with van der Waals surface area (Å²) in [4.78, 5) is 3.18. The van der Waals surface area contributed by atoms with Gasteiger partial charge in [-0.15, -0.1) is 0 Å². The van der Waals surface area contributed by atoms with Gasteiger partial charge in [0.25, 0.3) is 0 Å². The van der Waals surface area contributed by atoms with E-state index in [1.807, 2.05) is 31.2 Å². The molecule has 1 saturated carbocycles. The molecule has 2 nitrogen and oxygen atoms in total. The van der Waals surface area contributed by atoms with Crippen molar-refractivity contribution >= 4 is 10.9 Å². The number of halogens is 2. The molecule has 0 radical (unpaired) electrons. The molecule has 0 spiro atoms. The third-order valence-corrected chi connectivity index (χ3v) is 4.79. The molecule has 1 fully saturated rings. The maximum Gasteiger partial charge on any atom is 0.150 e. The molecule has 4 rings (SSSR count). The molecule has 0 unspecified atom stereocenters. The molecule has 4 heteroatoms. The molecule has 1 heterocycles. The van der Waals surface area contributed by atoms with E-state index in [0.717, 1.165) is 41.3 Å². The number of benzene rings is 2. The minimum atomic E-state index is -0.553. The van der Waals surface area contributed by atoms with E-state index >= 15 is 0 Å². The summed E-state index contributed by atoms with van der Waals surface area (Å²) in [6.45, 7) is 2.02. The molecule has 3 aromatic rings. The lowest BCUT2D eigenvalue weighted by Crippen LogP contribution is -2.34. The highest BCUT2D eigenvalue weighted by atomic mass is 19.1. The molecule has 0 atom stereocenters. The number of aromatic nitrogens is 1. The summed E-state index contributed by atoms with van der Waals surface area (Å²) < 4.78 is 27.9. The van der Waals surface area contributed by atoms with Gasteiger partial charge >= 0.3 is 0 Å². The smallest absolute Gasteiger partial charge is 0.150 e. The van der Waals surface area contributed by atoms with Crippen molar-refractivity contribution < 1.29 is 8.78 Å². The van der Waals surface area contributed by atoms with Gasteiger partial charge in [0.1, 0.15) is 11.6 Å². The normalized spacial score (nSPS) is 20.7. The standard InChI is InChI=1S/C19H18F2N2/c1-10-2-4-11(5-3-10)18-17(12-6-14(22)7-12)15-8-13(20)9-16(21)19(15)23-18/h2-5,8-9,12,14,23H,6-7,22H2,1H3. The third kappa shape index (κ3) is 2.34. The zero-order chi connectivity index (χ0) is 16.1. The summed E-state index contributed by atoms with van der Waals surface area (Å²) >= 11 is 0. The lowest BCUT2D eigenvalue weighted by Gasteiger charge is -2.33. The summed E-state index contributed by atoms with van der Waals surface area (Å²) in [6.07, 6.45) is 1.70. The van der Waals surface area contributed by atoms with Crippen LogP contribution < -0.4 is 5.73 Å². The van der Waals surface area contributed by atoms with Gasteiger partial charge in [0.05, 0.1) is 11.2 Å². The Morgan fingerprint density at radius 1 is 1.09 bits per heavy atom. The third-order valence-electron chi connectivity index (χ3n) is 4.79. The van der Waals surface area contributed by atoms with Crippen LogP contribution >= 0.6 is 0 Å². The monoisotopic (exact) mass is 312 g/mol. The first kappa shape index (κ1) is 14.4. The van der Waals surface area contributed by atoms with Crippen molar-refractivity contribution in [3.8, 4) is 11.3 Å². The summed E-state index contributed by atoms with van der Waals surface area (Å²) in [7, 11) is 0. The Bertz CT molecular complexity index is 875. The Labute approximate surface area is 133 Å². The van der Waals surface area contributed by atoms with Crippen LogP contribution in [0, 0.1) is 18.6 Å². The molecule has 1 aliphatic carbocycles. The Hall–Kier alpha value is -2.20. The SMILES string of the molecule is Cc1ccc(-c2[nH]c3c(F)cc(F)cc3c2C2CC(N)C2)cc1. The van der Waals surface area contributed by atoms with E-state index in [1.165, 1.54) is 6.07 Å². The molecule has 1 aliphatic rings. The first-order valence-corrected chi connectivity index (χ1v) is 7.86. The van der Waals surface area contributed by atoms with Gasteiger partial charge in [-0.05, 0) is 42.9 Å². The highest BCUT2D eigenvalue weighted by Crippen LogP contribution is 2.45. The molecule has 1 aromatic heterocycles. The van der Waals surface area contributed by atoms with Crippen LogP contribution in [0.15, 0.2) is 36.4 Å². The Balaban J connectivity index is 1.97. The number of hydrogen-bond acceptors (Lipinski definition) is 1. The van der Waals surface area contributed by atoms with Gasteiger partial charge in [-0.3, -0.25) is 0 Å². The molecule has 2 aromatic carbocycles. The van der Waals surface area contributed by atoms with Gasteiger partial charge in [-0.2, -0.15) is 0 Å². The minimum absolute atomic E-state index is 0.175. The van der Waals surface area contributed by atoms with Gasteiger partial charge in [-0.25, -0.2) is 8.78 Å². The van der Waals surface area contributed by atoms with Crippen molar-refractivity contribution in [1.82, 2.24) is 4.98 Å². The summed E-state index contributed by atoms with van der Waals surface area (Å²) in [6, 6.07) is 10.6.